The molecule has 23 heteroatoms. The van der Waals surface area contributed by atoms with Gasteiger partial charge in [-0.05, 0) is 95.8 Å². The number of anilines is 1. The van der Waals surface area contributed by atoms with Crippen LogP contribution in [0.4, 0.5) is 11.4 Å². The first-order valence-corrected chi connectivity index (χ1v) is 23.3. The van der Waals surface area contributed by atoms with E-state index in [2.05, 4.69) is 0 Å². The molecular weight excluding hydrogens is 1060 g/mol. The Kier molecular flexibility index (Phi) is 19.4. The van der Waals surface area contributed by atoms with Crippen LogP contribution in [-0.2, 0) is 51.3 Å². The first-order chi connectivity index (χ1) is 23.6. The van der Waals surface area contributed by atoms with Gasteiger partial charge in [-0.1, -0.05) is 43.7 Å². The van der Waals surface area contributed by atoms with Crippen molar-refractivity contribution in [3.63, 3.8) is 0 Å². The molecule has 0 amide bonds. The third kappa shape index (κ3) is 12.8. The van der Waals surface area contributed by atoms with E-state index in [1.54, 1.807) is 126 Å². The molecule has 2 aromatic carbocycles. The monoisotopic (exact) mass is 1090 g/mol. The van der Waals surface area contributed by atoms with E-state index >= 15 is 0 Å². The minimum atomic E-state index is -4.82. The van der Waals surface area contributed by atoms with Gasteiger partial charge in [-0.2, -0.15) is 4.58 Å². The minimum absolute atomic E-state index is 0. The van der Waals surface area contributed by atoms with Crippen molar-refractivity contribution >= 4 is 103 Å². The van der Waals surface area contributed by atoms with Crippen LogP contribution in [-0.4, -0.2) is 86.8 Å². The zero-order valence-electron chi connectivity index (χ0n) is 31.3. The van der Waals surface area contributed by atoms with E-state index in [0.29, 0.717) is 39.5 Å². The zero-order chi connectivity index (χ0) is 39.4. The molecule has 0 atom stereocenters. The van der Waals surface area contributed by atoms with Gasteiger partial charge >= 0.3 is 88.7 Å². The number of hydrogen-bond donors (Lipinski definition) is 0. The van der Waals surface area contributed by atoms with Crippen LogP contribution in [0.25, 0.3) is 0 Å². The average Bonchev–Trinajstić information content (AvgIpc) is 3.30. The quantitative estimate of drug-likeness (QED) is 0.0638. The molecule has 0 aliphatic carbocycles. The Morgan fingerprint density at radius 3 is 1.93 bits per heavy atom. The summed E-state index contributed by atoms with van der Waals surface area (Å²) >= 11 is 3.50. The minimum Gasteiger partial charge on any atom is -0.748 e. The van der Waals surface area contributed by atoms with E-state index in [4.69, 9.17) is 0 Å². The van der Waals surface area contributed by atoms with Crippen LogP contribution in [0.2, 0.25) is 0 Å². The van der Waals surface area contributed by atoms with Gasteiger partial charge in [-0.25, -0.2) is 33.7 Å². The molecule has 0 saturated carbocycles. The molecule has 2 aliphatic rings. The number of nitrogens with zero attached hydrogens (tertiary/aromatic N) is 2. The van der Waals surface area contributed by atoms with Crippen LogP contribution in [0.3, 0.4) is 0 Å². The Morgan fingerprint density at radius 1 is 0.836 bits per heavy atom. The molecule has 0 spiro atoms. The second-order valence-corrected chi connectivity index (χ2v) is 21.1. The van der Waals surface area contributed by atoms with Gasteiger partial charge in [-0.3, -0.25) is 0 Å². The van der Waals surface area contributed by atoms with Crippen molar-refractivity contribution in [2.45, 2.75) is 55.2 Å². The standard InChI is InChI=1S/C32H36I2N2O12S4.3Na/c1-20(8-6-10-27-31(2,3)21-18-26(52(46,47)48)22(33)19-24(21)36(27)15-17-50(40,41)42)9-7-11-28-32(4,5)29-23(35(28)14-16-49(37,38)39)12-13-25(30(29)34)51(43,44)45;;;/h6-13,18-19H,14-17H2,1-5H3,(H3-,37,38,39,40,41,42,43,44,45,46,47,48);;;/q;3*+1/p-3/i33+4,34-2;;;. The molecule has 55 heavy (non-hydrogen) atoms. The summed E-state index contributed by atoms with van der Waals surface area (Å²) < 4.78 is 143. The van der Waals surface area contributed by atoms with E-state index in [9.17, 15) is 51.9 Å². The van der Waals surface area contributed by atoms with Crippen molar-refractivity contribution < 1.29 is 145 Å². The molecule has 0 saturated heterocycles. The largest absolute Gasteiger partial charge is 1.00 e. The summed E-state index contributed by atoms with van der Waals surface area (Å²) in [6.45, 7) is 8.45. The predicted octanol–water partition coefficient (Wildman–Crippen LogP) is -5.08. The third-order valence-corrected chi connectivity index (χ3v) is 14.6. The van der Waals surface area contributed by atoms with Crippen molar-refractivity contribution in [2.24, 2.45) is 0 Å². The molecule has 0 fully saturated rings. The second kappa shape index (κ2) is 19.8. The summed E-state index contributed by atoms with van der Waals surface area (Å²) in [4.78, 5) is 0.781. The normalized spacial score (nSPS) is 17.6. The van der Waals surface area contributed by atoms with Crippen molar-refractivity contribution in [1.82, 2.24) is 0 Å². The SMILES string of the molecule is CC(/C=C/C=C1/N(CCS(=O)(=O)[O-])c2cc([131I])c(S(=O)(=O)[O-])cc2C1(C)C)=C\C=C\C1=[N+](CCS(=O)(=O)[O-])c2ccc(S(=O)(=O)[O-])c([125I])c2C1(C)C.[Na+].[Na+].[Na+]. The van der Waals surface area contributed by atoms with E-state index in [-0.39, 0.29) is 109 Å². The Labute approximate surface area is 416 Å². The van der Waals surface area contributed by atoms with E-state index < -0.39 is 72.6 Å². The fourth-order valence-electron chi connectivity index (χ4n) is 6.34. The second-order valence-electron chi connectivity index (χ2n) is 13.1. The van der Waals surface area contributed by atoms with Crippen LogP contribution in [0, 0.1) is 7.14 Å². The van der Waals surface area contributed by atoms with Crippen LogP contribution in [0.15, 0.2) is 81.8 Å². The van der Waals surface area contributed by atoms with Crippen LogP contribution in [0.5, 0.6) is 0 Å². The van der Waals surface area contributed by atoms with Gasteiger partial charge in [0, 0.05) is 42.6 Å². The Morgan fingerprint density at radius 2 is 1.40 bits per heavy atom. The summed E-state index contributed by atoms with van der Waals surface area (Å²) in [6, 6.07) is 5.32. The van der Waals surface area contributed by atoms with Gasteiger partial charge in [0.15, 0.2) is 12.3 Å². The molecule has 4 rings (SSSR count). The Balaban J connectivity index is 0.00000504. The maximum absolute atomic E-state index is 11.9. The number of hydrogen-bond acceptors (Lipinski definition) is 13. The molecule has 0 radical (unpaired) electrons. The van der Waals surface area contributed by atoms with E-state index in [1.807, 2.05) is 0 Å². The van der Waals surface area contributed by atoms with E-state index in [1.165, 1.54) is 18.2 Å². The molecule has 0 aromatic heterocycles. The smallest absolute Gasteiger partial charge is 0.748 e. The molecule has 2 aromatic rings. The predicted molar refractivity (Wildman–Crippen MR) is 207 cm³/mol. The zero-order valence-corrected chi connectivity index (χ0v) is 44.9. The Hall–Kier alpha value is 0.970. The summed E-state index contributed by atoms with van der Waals surface area (Å²) in [5.41, 5.74) is 1.85. The number of fused-ring (bicyclic) bond motifs is 2. The van der Waals surface area contributed by atoms with Crippen molar-refractivity contribution in [3.05, 3.63) is 90.3 Å². The molecule has 284 valence electrons. The van der Waals surface area contributed by atoms with Gasteiger partial charge in [0.25, 0.3) is 0 Å². The molecule has 0 unspecified atom stereocenters. The third-order valence-electron chi connectivity index (χ3n) is 8.77. The summed E-state index contributed by atoms with van der Waals surface area (Å²) in [5.74, 6) is -1.45. The average molecular weight is 1090 g/mol. The summed E-state index contributed by atoms with van der Waals surface area (Å²) in [5, 5.41) is 0. The fourth-order valence-corrected chi connectivity index (χ4v) is 11.5. The molecule has 0 N–H and O–H groups in total. The van der Waals surface area contributed by atoms with Crippen LogP contribution < -0.4 is 93.6 Å². The first-order valence-electron chi connectivity index (χ1n) is 15.2. The topological polar surface area (TPSA) is 235 Å². The first kappa shape index (κ1) is 54.0. The molecule has 2 aliphatic heterocycles. The van der Waals surface area contributed by atoms with Gasteiger partial charge in [-0.15, -0.1) is 0 Å². The molecular formula is C32H33I2N2Na3O12S4. The molecule has 0 bridgehead atoms. The molecule has 2 heterocycles. The summed E-state index contributed by atoms with van der Waals surface area (Å²) in [7, 11) is -18.9. The maximum atomic E-state index is 11.9. The fraction of sp³-hybridized carbons (Fsp3) is 0.344. The summed E-state index contributed by atoms with van der Waals surface area (Å²) in [6.07, 6.45) is 10.2. The van der Waals surface area contributed by atoms with Crippen molar-refractivity contribution in [1.29, 1.82) is 0 Å². The van der Waals surface area contributed by atoms with Crippen molar-refractivity contribution in [3.8, 4) is 0 Å². The number of allylic oxidation sites excluding steroid dienone is 8. The number of halogens is 2. The van der Waals surface area contributed by atoms with Crippen molar-refractivity contribution in [2.75, 3.05) is 29.5 Å². The van der Waals surface area contributed by atoms with Gasteiger partial charge in [0.05, 0.1) is 42.4 Å². The molecule has 14 nitrogen and oxygen atoms in total. The maximum Gasteiger partial charge on any atom is 1.00 e. The Bertz CT molecular complexity index is 2460. The van der Waals surface area contributed by atoms with Gasteiger partial charge < -0.3 is 23.1 Å². The number of benzene rings is 2. The van der Waals surface area contributed by atoms with Crippen LogP contribution in [0.1, 0.15) is 45.7 Å². The van der Waals surface area contributed by atoms with Crippen LogP contribution >= 0.6 is 45.2 Å². The van der Waals surface area contributed by atoms with Gasteiger partial charge in [0.1, 0.15) is 30.4 Å². The van der Waals surface area contributed by atoms with E-state index in [0.717, 1.165) is 6.07 Å². The van der Waals surface area contributed by atoms with Gasteiger partial charge in [0.2, 0.25) is 5.69 Å². The number of rotatable bonds is 12.